The molecule has 0 spiro atoms. The van der Waals surface area contributed by atoms with E-state index in [9.17, 15) is 9.59 Å². The van der Waals surface area contributed by atoms with Gasteiger partial charge in [0.2, 0.25) is 0 Å². The average Bonchev–Trinajstić information content (AvgIpc) is 2.74. The molecule has 2 N–H and O–H groups in total. The second-order valence-electron chi connectivity index (χ2n) is 7.26. The van der Waals surface area contributed by atoms with Crippen LogP contribution in [0.15, 0.2) is 42.5 Å². The number of ether oxygens (including phenoxy) is 1. The SMILES string of the molecule is CCCCCCCCOc1ccc(Cl)cc1C(=O)NCCc1ccc(C(=O)O)cc1. The quantitative estimate of drug-likeness (QED) is 0.396. The fourth-order valence-electron chi connectivity index (χ4n) is 3.10. The molecule has 0 saturated carbocycles. The molecule has 5 nitrogen and oxygen atoms in total. The number of carbonyl (C=O) groups is 2. The number of carbonyl (C=O) groups excluding carboxylic acids is 1. The van der Waals surface area contributed by atoms with Crippen LogP contribution in [0.5, 0.6) is 5.75 Å². The lowest BCUT2D eigenvalue weighted by molar-refractivity contribution is 0.0696. The molecule has 0 aliphatic rings. The van der Waals surface area contributed by atoms with Gasteiger partial charge in [0.05, 0.1) is 17.7 Å². The molecule has 0 aliphatic heterocycles. The zero-order valence-electron chi connectivity index (χ0n) is 17.5. The van der Waals surface area contributed by atoms with Gasteiger partial charge in [-0.25, -0.2) is 4.79 Å². The topological polar surface area (TPSA) is 75.6 Å². The Morgan fingerprint density at radius 3 is 2.40 bits per heavy atom. The first-order valence-electron chi connectivity index (χ1n) is 10.5. The summed E-state index contributed by atoms with van der Waals surface area (Å²) in [7, 11) is 0. The summed E-state index contributed by atoms with van der Waals surface area (Å²) in [5.74, 6) is -0.654. The molecule has 2 aromatic rings. The van der Waals surface area contributed by atoms with Crippen molar-refractivity contribution >= 4 is 23.5 Å². The van der Waals surface area contributed by atoms with E-state index in [4.69, 9.17) is 21.4 Å². The van der Waals surface area contributed by atoms with Crippen LogP contribution >= 0.6 is 11.6 Å². The Morgan fingerprint density at radius 1 is 1.00 bits per heavy atom. The van der Waals surface area contributed by atoms with Gasteiger partial charge in [0.15, 0.2) is 0 Å². The first-order chi connectivity index (χ1) is 14.5. The van der Waals surface area contributed by atoms with Gasteiger partial charge in [0, 0.05) is 11.6 Å². The maximum Gasteiger partial charge on any atom is 0.335 e. The summed E-state index contributed by atoms with van der Waals surface area (Å²) in [6, 6.07) is 11.7. The summed E-state index contributed by atoms with van der Waals surface area (Å²) in [5, 5.41) is 12.3. The monoisotopic (exact) mass is 431 g/mol. The first-order valence-corrected chi connectivity index (χ1v) is 10.9. The molecule has 0 radical (unpaired) electrons. The number of benzene rings is 2. The molecule has 2 rings (SSSR count). The Bertz CT molecular complexity index is 820. The minimum Gasteiger partial charge on any atom is -0.493 e. The van der Waals surface area contributed by atoms with Crippen molar-refractivity contribution < 1.29 is 19.4 Å². The fraction of sp³-hybridized carbons (Fsp3) is 0.417. The van der Waals surface area contributed by atoms with E-state index in [1.165, 1.54) is 25.7 Å². The molecule has 1 amide bonds. The van der Waals surface area contributed by atoms with E-state index < -0.39 is 5.97 Å². The Kier molecular flexibility index (Phi) is 10.2. The predicted octanol–water partition coefficient (Wildman–Crippen LogP) is 5.75. The van der Waals surface area contributed by atoms with Crippen LogP contribution in [0.3, 0.4) is 0 Å². The van der Waals surface area contributed by atoms with Gasteiger partial charge in [-0.15, -0.1) is 0 Å². The number of carboxylic acid groups (broad SMARTS) is 1. The van der Waals surface area contributed by atoms with Crippen molar-refractivity contribution in [3.63, 3.8) is 0 Å². The molecule has 2 aromatic carbocycles. The smallest absolute Gasteiger partial charge is 0.335 e. The van der Waals surface area contributed by atoms with E-state index in [0.29, 0.717) is 35.9 Å². The van der Waals surface area contributed by atoms with Gasteiger partial charge in [0.25, 0.3) is 5.91 Å². The molecule has 0 aliphatic carbocycles. The number of amides is 1. The summed E-state index contributed by atoms with van der Waals surface area (Å²) in [5.41, 5.74) is 1.62. The van der Waals surface area contributed by atoms with Crippen LogP contribution < -0.4 is 10.1 Å². The summed E-state index contributed by atoms with van der Waals surface area (Å²) < 4.78 is 5.84. The van der Waals surface area contributed by atoms with Gasteiger partial charge >= 0.3 is 5.97 Å². The molecular formula is C24H30ClNO4. The lowest BCUT2D eigenvalue weighted by Gasteiger charge is -2.12. The lowest BCUT2D eigenvalue weighted by Crippen LogP contribution is -2.26. The van der Waals surface area contributed by atoms with Crippen LogP contribution in [0.2, 0.25) is 5.02 Å². The van der Waals surface area contributed by atoms with E-state index in [2.05, 4.69) is 12.2 Å². The fourth-order valence-corrected chi connectivity index (χ4v) is 3.27. The van der Waals surface area contributed by atoms with E-state index >= 15 is 0 Å². The Balaban J connectivity index is 1.83. The molecule has 0 atom stereocenters. The van der Waals surface area contributed by atoms with Gasteiger partial charge < -0.3 is 15.2 Å². The third-order valence-electron chi connectivity index (χ3n) is 4.84. The highest BCUT2D eigenvalue weighted by atomic mass is 35.5. The predicted molar refractivity (Wildman–Crippen MR) is 120 cm³/mol. The van der Waals surface area contributed by atoms with Crippen molar-refractivity contribution in [2.24, 2.45) is 0 Å². The van der Waals surface area contributed by atoms with E-state index in [1.807, 2.05) is 0 Å². The average molecular weight is 432 g/mol. The number of hydrogen-bond acceptors (Lipinski definition) is 3. The zero-order chi connectivity index (χ0) is 21.8. The van der Waals surface area contributed by atoms with Crippen molar-refractivity contribution in [2.45, 2.75) is 51.9 Å². The van der Waals surface area contributed by atoms with E-state index in [-0.39, 0.29) is 11.5 Å². The van der Waals surface area contributed by atoms with Crippen LogP contribution in [0.1, 0.15) is 71.7 Å². The lowest BCUT2D eigenvalue weighted by atomic mass is 10.1. The highest BCUT2D eigenvalue weighted by Gasteiger charge is 2.13. The first kappa shape index (κ1) is 23.7. The third-order valence-corrected chi connectivity index (χ3v) is 5.08. The van der Waals surface area contributed by atoms with Crippen molar-refractivity contribution in [3.05, 3.63) is 64.2 Å². The summed E-state index contributed by atoms with van der Waals surface area (Å²) in [6.07, 6.45) is 7.64. The standard InChI is InChI=1S/C24H30ClNO4/c1-2-3-4-5-6-7-16-30-22-13-12-20(25)17-21(22)23(27)26-15-14-18-8-10-19(11-9-18)24(28)29/h8-13,17H,2-7,14-16H2,1H3,(H,26,27)(H,28,29). The second-order valence-corrected chi connectivity index (χ2v) is 7.70. The molecular weight excluding hydrogens is 402 g/mol. The largest absolute Gasteiger partial charge is 0.493 e. The second kappa shape index (κ2) is 12.9. The molecule has 6 heteroatoms. The van der Waals surface area contributed by atoms with Crippen molar-refractivity contribution in [3.8, 4) is 5.75 Å². The maximum atomic E-state index is 12.6. The molecule has 0 heterocycles. The van der Waals surface area contributed by atoms with Crippen molar-refractivity contribution in [2.75, 3.05) is 13.2 Å². The maximum absolute atomic E-state index is 12.6. The van der Waals surface area contributed by atoms with E-state index in [0.717, 1.165) is 18.4 Å². The highest BCUT2D eigenvalue weighted by Crippen LogP contribution is 2.23. The van der Waals surface area contributed by atoms with Gasteiger partial charge in [-0.05, 0) is 48.7 Å². The van der Waals surface area contributed by atoms with Crippen LogP contribution in [0.4, 0.5) is 0 Å². The summed E-state index contributed by atoms with van der Waals surface area (Å²) in [4.78, 5) is 23.5. The van der Waals surface area contributed by atoms with Crippen LogP contribution in [0, 0.1) is 0 Å². The molecule has 0 saturated heterocycles. The van der Waals surface area contributed by atoms with Gasteiger partial charge in [-0.3, -0.25) is 4.79 Å². The number of halogens is 1. The normalized spacial score (nSPS) is 10.6. The molecule has 0 fully saturated rings. The number of aromatic carboxylic acids is 1. The number of unbranched alkanes of at least 4 members (excludes halogenated alkanes) is 5. The minimum absolute atomic E-state index is 0.238. The summed E-state index contributed by atoms with van der Waals surface area (Å²) in [6.45, 7) is 3.20. The minimum atomic E-state index is -0.954. The van der Waals surface area contributed by atoms with Crippen LogP contribution in [0.25, 0.3) is 0 Å². The molecule has 30 heavy (non-hydrogen) atoms. The molecule has 0 unspecified atom stereocenters. The Morgan fingerprint density at radius 2 is 1.70 bits per heavy atom. The van der Waals surface area contributed by atoms with Gasteiger partial charge in [-0.1, -0.05) is 62.8 Å². The number of nitrogens with one attached hydrogen (secondary N) is 1. The summed E-state index contributed by atoms with van der Waals surface area (Å²) >= 11 is 6.08. The number of rotatable bonds is 13. The number of hydrogen-bond donors (Lipinski definition) is 2. The van der Waals surface area contributed by atoms with Crippen molar-refractivity contribution in [1.82, 2.24) is 5.32 Å². The molecule has 0 bridgehead atoms. The van der Waals surface area contributed by atoms with Crippen LogP contribution in [-0.4, -0.2) is 30.1 Å². The zero-order valence-corrected chi connectivity index (χ0v) is 18.2. The Hall–Kier alpha value is -2.53. The van der Waals surface area contributed by atoms with Gasteiger partial charge in [-0.2, -0.15) is 0 Å². The molecule has 162 valence electrons. The molecule has 0 aromatic heterocycles. The third kappa shape index (κ3) is 8.07. The Labute approximate surface area is 183 Å². The van der Waals surface area contributed by atoms with E-state index in [1.54, 1.807) is 42.5 Å². The number of carboxylic acids is 1. The van der Waals surface area contributed by atoms with Crippen molar-refractivity contribution in [1.29, 1.82) is 0 Å². The highest BCUT2D eigenvalue weighted by molar-refractivity contribution is 6.31. The van der Waals surface area contributed by atoms with Crippen LogP contribution in [-0.2, 0) is 6.42 Å². The van der Waals surface area contributed by atoms with Gasteiger partial charge in [0.1, 0.15) is 5.75 Å².